The van der Waals surface area contributed by atoms with Crippen molar-refractivity contribution in [1.82, 2.24) is 5.32 Å². The van der Waals surface area contributed by atoms with Crippen molar-refractivity contribution in [2.45, 2.75) is 44.6 Å². The van der Waals surface area contributed by atoms with Crippen molar-refractivity contribution in [3.05, 3.63) is 59.2 Å². The van der Waals surface area contributed by atoms with Crippen LogP contribution in [0.1, 0.15) is 42.5 Å². The van der Waals surface area contributed by atoms with Gasteiger partial charge in [0.05, 0.1) is 16.6 Å². The number of hydrogen-bond acceptors (Lipinski definition) is 5. The Morgan fingerprint density at radius 2 is 1.80 bits per heavy atom. The van der Waals surface area contributed by atoms with Crippen LogP contribution in [0.2, 0.25) is 0 Å². The highest BCUT2D eigenvalue weighted by Gasteiger charge is 2.27. The van der Waals surface area contributed by atoms with E-state index < -0.39 is 10.0 Å². The lowest BCUT2D eigenvalue weighted by Crippen LogP contribution is -2.40. The molecular formula is C21H24N4O4S. The Labute approximate surface area is 175 Å². The molecule has 0 bridgehead atoms. The van der Waals surface area contributed by atoms with Crippen LogP contribution in [0, 0.1) is 13.8 Å². The number of carbonyl (C=O) groups is 2. The van der Waals surface area contributed by atoms with Crippen LogP contribution in [-0.2, 0) is 19.6 Å². The van der Waals surface area contributed by atoms with Gasteiger partial charge in [-0.3, -0.25) is 9.59 Å². The molecule has 1 atom stereocenters. The van der Waals surface area contributed by atoms with Gasteiger partial charge in [-0.1, -0.05) is 24.3 Å². The number of sulfonamides is 1. The SMILES string of the molecule is Cc1ccc(C)c(N2N=C(C(=O)NC(C)c3ccc(S(N)(=O)=O)cc3)CCC2=O)c1. The minimum Gasteiger partial charge on any atom is -0.344 e. The lowest BCUT2D eigenvalue weighted by atomic mass is 10.1. The van der Waals surface area contributed by atoms with Gasteiger partial charge in [-0.2, -0.15) is 5.10 Å². The number of anilines is 1. The molecule has 8 nitrogen and oxygen atoms in total. The van der Waals surface area contributed by atoms with E-state index in [1.54, 1.807) is 19.1 Å². The van der Waals surface area contributed by atoms with E-state index in [2.05, 4.69) is 10.4 Å². The normalized spacial score (nSPS) is 15.5. The fourth-order valence-corrected chi connectivity index (χ4v) is 3.68. The monoisotopic (exact) mass is 428 g/mol. The molecule has 0 saturated carbocycles. The van der Waals surface area contributed by atoms with E-state index in [-0.39, 0.29) is 41.3 Å². The molecule has 0 aliphatic carbocycles. The van der Waals surface area contributed by atoms with Crippen LogP contribution < -0.4 is 15.5 Å². The summed E-state index contributed by atoms with van der Waals surface area (Å²) >= 11 is 0. The van der Waals surface area contributed by atoms with Crippen LogP contribution in [0.5, 0.6) is 0 Å². The van der Waals surface area contributed by atoms with E-state index in [4.69, 9.17) is 5.14 Å². The third kappa shape index (κ3) is 4.74. The standard InChI is InChI=1S/C21H24N4O4S/c1-13-4-5-14(2)19(12-13)25-20(26)11-10-18(24-25)21(27)23-15(3)16-6-8-17(9-7-16)30(22,28)29/h4-9,12,15H,10-11H2,1-3H3,(H,23,27)(H2,22,28,29). The molecule has 1 heterocycles. The van der Waals surface area contributed by atoms with Crippen molar-refractivity contribution >= 4 is 33.2 Å². The lowest BCUT2D eigenvalue weighted by molar-refractivity contribution is -0.119. The largest absolute Gasteiger partial charge is 0.344 e. The predicted molar refractivity (Wildman–Crippen MR) is 114 cm³/mol. The first kappa shape index (κ1) is 21.7. The number of nitrogens with zero attached hydrogens (tertiary/aromatic N) is 2. The van der Waals surface area contributed by atoms with Crippen molar-refractivity contribution in [2.24, 2.45) is 10.2 Å². The number of hydrazone groups is 1. The number of aryl methyl sites for hydroxylation is 2. The quantitative estimate of drug-likeness (QED) is 0.759. The maximum atomic E-state index is 12.7. The third-order valence-corrected chi connectivity index (χ3v) is 5.87. The Bertz CT molecular complexity index is 1120. The Balaban J connectivity index is 1.79. The predicted octanol–water partition coefficient (Wildman–Crippen LogP) is 2.31. The number of primary sulfonamides is 1. The molecule has 2 aromatic rings. The summed E-state index contributed by atoms with van der Waals surface area (Å²) in [5.74, 6) is -0.535. The smallest absolute Gasteiger partial charge is 0.267 e. The second kappa shape index (κ2) is 8.37. The fourth-order valence-electron chi connectivity index (χ4n) is 3.16. The lowest BCUT2D eigenvalue weighted by Gasteiger charge is -2.25. The number of carbonyl (C=O) groups excluding carboxylic acids is 2. The van der Waals surface area contributed by atoms with Gasteiger partial charge in [-0.05, 0) is 55.7 Å². The minimum absolute atomic E-state index is 0.00381. The molecule has 9 heteroatoms. The van der Waals surface area contributed by atoms with E-state index >= 15 is 0 Å². The molecule has 0 radical (unpaired) electrons. The Kier molecular flexibility index (Phi) is 6.04. The molecule has 0 saturated heterocycles. The summed E-state index contributed by atoms with van der Waals surface area (Å²) in [6, 6.07) is 11.3. The van der Waals surface area contributed by atoms with E-state index in [1.165, 1.54) is 17.1 Å². The first-order valence-corrected chi connectivity index (χ1v) is 11.0. The average molecular weight is 429 g/mol. The van der Waals surface area contributed by atoms with E-state index in [1.807, 2.05) is 32.0 Å². The summed E-state index contributed by atoms with van der Waals surface area (Å²) in [4.78, 5) is 25.2. The van der Waals surface area contributed by atoms with Crippen molar-refractivity contribution < 1.29 is 18.0 Å². The van der Waals surface area contributed by atoms with Gasteiger partial charge in [0.2, 0.25) is 15.9 Å². The summed E-state index contributed by atoms with van der Waals surface area (Å²) in [6.45, 7) is 5.59. The minimum atomic E-state index is -3.77. The van der Waals surface area contributed by atoms with Crippen molar-refractivity contribution in [2.75, 3.05) is 5.01 Å². The molecule has 30 heavy (non-hydrogen) atoms. The molecule has 0 spiro atoms. The second-order valence-corrected chi connectivity index (χ2v) is 8.91. The van der Waals surface area contributed by atoms with Gasteiger partial charge in [0, 0.05) is 12.8 Å². The number of hydrogen-bond donors (Lipinski definition) is 2. The fraction of sp³-hybridized carbons (Fsp3) is 0.286. The molecule has 1 unspecified atom stereocenters. The Hall–Kier alpha value is -3.04. The molecule has 158 valence electrons. The second-order valence-electron chi connectivity index (χ2n) is 7.35. The summed E-state index contributed by atoms with van der Waals surface area (Å²) in [7, 11) is -3.77. The summed E-state index contributed by atoms with van der Waals surface area (Å²) in [5, 5.41) is 13.6. The molecule has 1 aliphatic rings. The molecule has 0 fully saturated rings. The van der Waals surface area contributed by atoms with Crippen LogP contribution in [-0.4, -0.2) is 25.9 Å². The number of rotatable bonds is 5. The van der Waals surface area contributed by atoms with E-state index in [9.17, 15) is 18.0 Å². The topological polar surface area (TPSA) is 122 Å². The number of nitrogens with one attached hydrogen (secondary N) is 1. The molecule has 2 aromatic carbocycles. The maximum absolute atomic E-state index is 12.7. The van der Waals surface area contributed by atoms with Gasteiger partial charge in [-0.15, -0.1) is 0 Å². The summed E-state index contributed by atoms with van der Waals surface area (Å²) < 4.78 is 22.8. The van der Waals surface area contributed by atoms with Gasteiger partial charge in [-0.25, -0.2) is 18.6 Å². The van der Waals surface area contributed by atoms with Gasteiger partial charge in [0.15, 0.2) is 0 Å². The first-order chi connectivity index (χ1) is 14.1. The van der Waals surface area contributed by atoms with Crippen LogP contribution in [0.15, 0.2) is 52.5 Å². The Morgan fingerprint density at radius 3 is 2.43 bits per heavy atom. The van der Waals surface area contributed by atoms with Crippen molar-refractivity contribution in [1.29, 1.82) is 0 Å². The van der Waals surface area contributed by atoms with Crippen LogP contribution in [0.25, 0.3) is 0 Å². The zero-order chi connectivity index (χ0) is 22.1. The molecular weight excluding hydrogens is 404 g/mol. The maximum Gasteiger partial charge on any atom is 0.267 e. The van der Waals surface area contributed by atoms with Crippen LogP contribution in [0.4, 0.5) is 5.69 Å². The Morgan fingerprint density at radius 1 is 1.13 bits per heavy atom. The highest BCUT2D eigenvalue weighted by atomic mass is 32.2. The van der Waals surface area contributed by atoms with Gasteiger partial charge in [0.1, 0.15) is 5.71 Å². The van der Waals surface area contributed by atoms with Gasteiger partial charge in [0.25, 0.3) is 5.91 Å². The van der Waals surface area contributed by atoms with Crippen molar-refractivity contribution in [3.63, 3.8) is 0 Å². The number of amides is 2. The van der Waals surface area contributed by atoms with E-state index in [0.717, 1.165) is 16.7 Å². The number of benzene rings is 2. The average Bonchev–Trinajstić information content (AvgIpc) is 2.69. The van der Waals surface area contributed by atoms with Crippen molar-refractivity contribution in [3.8, 4) is 0 Å². The van der Waals surface area contributed by atoms with Gasteiger partial charge < -0.3 is 5.32 Å². The molecule has 0 aromatic heterocycles. The number of nitrogens with two attached hydrogens (primary N) is 1. The molecule has 3 rings (SSSR count). The highest BCUT2D eigenvalue weighted by Crippen LogP contribution is 2.25. The van der Waals surface area contributed by atoms with Gasteiger partial charge >= 0.3 is 0 Å². The van der Waals surface area contributed by atoms with Crippen LogP contribution >= 0.6 is 0 Å². The zero-order valence-electron chi connectivity index (χ0n) is 17.0. The van der Waals surface area contributed by atoms with Crippen LogP contribution in [0.3, 0.4) is 0 Å². The summed E-state index contributed by atoms with van der Waals surface area (Å²) in [6.07, 6.45) is 0.445. The third-order valence-electron chi connectivity index (χ3n) is 4.94. The highest BCUT2D eigenvalue weighted by molar-refractivity contribution is 7.89. The molecule has 2 amide bonds. The molecule has 1 aliphatic heterocycles. The first-order valence-electron chi connectivity index (χ1n) is 9.47. The summed E-state index contributed by atoms with van der Waals surface area (Å²) in [5.41, 5.74) is 3.53. The molecule has 3 N–H and O–H groups in total. The zero-order valence-corrected chi connectivity index (χ0v) is 17.9. The van der Waals surface area contributed by atoms with E-state index in [0.29, 0.717) is 5.69 Å².